The lowest BCUT2D eigenvalue weighted by Crippen LogP contribution is -2.28. The molecule has 0 heterocycles. The van der Waals surface area contributed by atoms with Gasteiger partial charge in [-0.2, -0.15) is 0 Å². The van der Waals surface area contributed by atoms with E-state index in [1.54, 1.807) is 0 Å². The molecule has 0 aliphatic rings. The van der Waals surface area contributed by atoms with Gasteiger partial charge in [-0.05, 0) is 35.1 Å². The Balaban J connectivity index is 1.18. The van der Waals surface area contributed by atoms with Crippen LogP contribution in [0, 0.1) is 0 Å². The van der Waals surface area contributed by atoms with Crippen LogP contribution in [0.25, 0.3) is 0 Å². The van der Waals surface area contributed by atoms with Crippen LogP contribution in [0.15, 0.2) is 84.9 Å². The van der Waals surface area contributed by atoms with E-state index in [0.717, 1.165) is 22.3 Å². The first-order chi connectivity index (χ1) is 21.5. The molecule has 4 amide bonds. The number of nitrogens with one attached hydrogen (secondary N) is 4. The van der Waals surface area contributed by atoms with Crippen LogP contribution in [0.2, 0.25) is 0 Å². The summed E-state index contributed by atoms with van der Waals surface area (Å²) in [7, 11) is 0. The van der Waals surface area contributed by atoms with E-state index in [9.17, 15) is 19.2 Å². The average molecular weight is 607 g/mol. The Bertz CT molecular complexity index is 1210. The molecule has 3 aromatic rings. The van der Waals surface area contributed by atoms with Gasteiger partial charge in [-0.15, -0.1) is 0 Å². The van der Waals surface area contributed by atoms with E-state index in [1.807, 2.05) is 84.9 Å². The normalized spacial score (nSPS) is 10.2. The molecule has 0 fully saturated rings. The monoisotopic (exact) mass is 606 g/mol. The zero-order valence-electron chi connectivity index (χ0n) is 24.4. The van der Waals surface area contributed by atoms with Crippen molar-refractivity contribution in [1.29, 1.82) is 0 Å². The Labute approximate surface area is 256 Å². The minimum Gasteiger partial charge on any atom is -0.449 e. The lowest BCUT2D eigenvalue weighted by atomic mass is 10.1. The second-order valence-corrected chi connectivity index (χ2v) is 9.48. The van der Waals surface area contributed by atoms with Gasteiger partial charge in [-0.1, -0.05) is 84.9 Å². The molecule has 0 bridgehead atoms. The number of rotatable bonds is 16. The molecule has 0 aromatic heterocycles. The fourth-order valence-electron chi connectivity index (χ4n) is 3.70. The highest BCUT2D eigenvalue weighted by Crippen LogP contribution is 2.06. The Morgan fingerprint density at radius 1 is 0.455 bits per heavy atom. The summed E-state index contributed by atoms with van der Waals surface area (Å²) in [6.07, 6.45) is -1.36. The van der Waals surface area contributed by atoms with Gasteiger partial charge < -0.3 is 40.2 Å². The van der Waals surface area contributed by atoms with Crippen molar-refractivity contribution < 1.29 is 38.1 Å². The van der Waals surface area contributed by atoms with Crippen molar-refractivity contribution >= 4 is 24.4 Å². The molecular weight excluding hydrogens is 568 g/mol. The number of carbonyl (C=O) groups excluding carboxylic acids is 4. The van der Waals surface area contributed by atoms with Crippen LogP contribution >= 0.6 is 0 Å². The summed E-state index contributed by atoms with van der Waals surface area (Å²) in [5.41, 5.74) is 3.43. The Morgan fingerprint density at radius 2 is 0.841 bits per heavy atom. The van der Waals surface area contributed by atoms with E-state index >= 15 is 0 Å². The van der Waals surface area contributed by atoms with Gasteiger partial charge in [0.05, 0.1) is 13.2 Å². The van der Waals surface area contributed by atoms with E-state index < -0.39 is 24.4 Å². The van der Waals surface area contributed by atoms with Crippen LogP contribution in [0.1, 0.15) is 35.1 Å². The molecule has 0 radical (unpaired) electrons. The highest BCUT2D eigenvalue weighted by molar-refractivity contribution is 5.68. The van der Waals surface area contributed by atoms with Gasteiger partial charge in [-0.25, -0.2) is 19.2 Å². The number of hydrogen-bond donors (Lipinski definition) is 4. The Kier molecular flexibility index (Phi) is 15.0. The number of hydrogen-bond acceptors (Lipinski definition) is 8. The van der Waals surface area contributed by atoms with Crippen LogP contribution in [-0.4, -0.2) is 50.7 Å². The van der Waals surface area contributed by atoms with Crippen molar-refractivity contribution in [2.75, 3.05) is 26.3 Å². The number of benzene rings is 3. The SMILES string of the molecule is O=C(NCc1cccc(CNC(=O)OCCCNC(=O)OCc2ccccc2)c1)OCCCNC(=O)OCc1ccccc1. The third-order valence-electron chi connectivity index (χ3n) is 5.94. The maximum atomic E-state index is 12.0. The molecule has 0 saturated heterocycles. The second kappa shape index (κ2) is 19.8. The number of ether oxygens (including phenoxy) is 4. The van der Waals surface area contributed by atoms with Crippen molar-refractivity contribution in [2.24, 2.45) is 0 Å². The lowest BCUT2D eigenvalue weighted by molar-refractivity contribution is 0.133. The van der Waals surface area contributed by atoms with E-state index in [1.165, 1.54) is 0 Å². The quantitative estimate of drug-likeness (QED) is 0.134. The zero-order chi connectivity index (χ0) is 31.2. The first-order valence-corrected chi connectivity index (χ1v) is 14.3. The molecule has 3 aromatic carbocycles. The highest BCUT2D eigenvalue weighted by atomic mass is 16.6. The molecule has 0 unspecified atom stereocenters. The van der Waals surface area contributed by atoms with Crippen molar-refractivity contribution in [3.63, 3.8) is 0 Å². The highest BCUT2D eigenvalue weighted by Gasteiger charge is 2.07. The molecule has 0 saturated carbocycles. The summed E-state index contributed by atoms with van der Waals surface area (Å²) < 4.78 is 20.5. The third kappa shape index (κ3) is 14.6. The van der Waals surface area contributed by atoms with Crippen molar-refractivity contribution in [1.82, 2.24) is 21.3 Å². The maximum Gasteiger partial charge on any atom is 0.407 e. The minimum absolute atomic E-state index is 0.130. The predicted molar refractivity (Wildman–Crippen MR) is 161 cm³/mol. The van der Waals surface area contributed by atoms with Crippen molar-refractivity contribution in [3.05, 3.63) is 107 Å². The fourth-order valence-corrected chi connectivity index (χ4v) is 3.70. The molecule has 3 rings (SSSR count). The summed E-state index contributed by atoms with van der Waals surface area (Å²) >= 11 is 0. The molecule has 44 heavy (non-hydrogen) atoms. The van der Waals surface area contributed by atoms with Gasteiger partial charge in [0.1, 0.15) is 13.2 Å². The van der Waals surface area contributed by atoms with Crippen LogP contribution < -0.4 is 21.3 Å². The standard InChI is InChI=1S/C32H38N4O8/c37-29(43-23-25-10-3-1-4-11-25)33-16-8-18-41-31(39)35-21-27-14-7-15-28(20-27)22-36-32(40)42-19-9-17-34-30(38)44-24-26-12-5-2-6-13-26/h1-7,10-15,20H,8-9,16-19,21-24H2,(H,33,37)(H,34,38)(H,35,39)(H,36,40). The van der Waals surface area contributed by atoms with Crippen LogP contribution in [0.3, 0.4) is 0 Å². The first-order valence-electron chi connectivity index (χ1n) is 14.3. The largest absolute Gasteiger partial charge is 0.449 e. The maximum absolute atomic E-state index is 12.0. The summed E-state index contributed by atoms with van der Waals surface area (Å²) in [5, 5.41) is 10.6. The topological polar surface area (TPSA) is 153 Å². The van der Waals surface area contributed by atoms with Gasteiger partial charge in [0.25, 0.3) is 0 Å². The summed E-state index contributed by atoms with van der Waals surface area (Å²) in [6.45, 7) is 1.71. The van der Waals surface area contributed by atoms with E-state index in [0.29, 0.717) is 25.9 Å². The number of carbonyl (C=O) groups is 4. The van der Waals surface area contributed by atoms with Gasteiger partial charge in [0, 0.05) is 26.2 Å². The fraction of sp³-hybridized carbons (Fsp3) is 0.312. The second-order valence-electron chi connectivity index (χ2n) is 9.48. The molecule has 0 aliphatic heterocycles. The molecule has 4 N–H and O–H groups in total. The molecular formula is C32H38N4O8. The van der Waals surface area contributed by atoms with E-state index in [2.05, 4.69) is 21.3 Å². The number of amides is 4. The minimum atomic E-state index is -0.581. The van der Waals surface area contributed by atoms with E-state index in [-0.39, 0.29) is 39.5 Å². The molecule has 234 valence electrons. The Hall–Kier alpha value is -5.26. The molecule has 0 aliphatic carbocycles. The smallest absolute Gasteiger partial charge is 0.407 e. The van der Waals surface area contributed by atoms with Gasteiger partial charge in [0.15, 0.2) is 0 Å². The lowest BCUT2D eigenvalue weighted by Gasteiger charge is -2.10. The average Bonchev–Trinajstić information content (AvgIpc) is 3.05. The number of alkyl carbamates (subject to hydrolysis) is 4. The van der Waals surface area contributed by atoms with Gasteiger partial charge in [-0.3, -0.25) is 0 Å². The van der Waals surface area contributed by atoms with Crippen LogP contribution in [0.5, 0.6) is 0 Å². The Morgan fingerprint density at radius 3 is 1.27 bits per heavy atom. The third-order valence-corrected chi connectivity index (χ3v) is 5.94. The summed E-state index contributed by atoms with van der Waals surface area (Å²) in [6, 6.07) is 26.0. The van der Waals surface area contributed by atoms with Crippen LogP contribution in [0.4, 0.5) is 19.2 Å². The van der Waals surface area contributed by atoms with E-state index in [4.69, 9.17) is 18.9 Å². The molecule has 0 atom stereocenters. The molecule has 0 spiro atoms. The first kappa shape index (κ1) is 33.2. The van der Waals surface area contributed by atoms with Crippen molar-refractivity contribution in [2.45, 2.75) is 39.1 Å². The zero-order valence-corrected chi connectivity index (χ0v) is 24.4. The van der Waals surface area contributed by atoms with Crippen LogP contribution in [-0.2, 0) is 45.3 Å². The molecule has 12 nitrogen and oxygen atoms in total. The predicted octanol–water partition coefficient (Wildman–Crippen LogP) is 4.77. The summed E-state index contributed by atoms with van der Waals surface area (Å²) in [4.78, 5) is 47.5. The van der Waals surface area contributed by atoms with Gasteiger partial charge >= 0.3 is 24.4 Å². The van der Waals surface area contributed by atoms with Gasteiger partial charge in [0.2, 0.25) is 0 Å². The molecule has 12 heteroatoms. The van der Waals surface area contributed by atoms with Crippen molar-refractivity contribution in [3.8, 4) is 0 Å². The summed E-state index contributed by atoms with van der Waals surface area (Å²) in [5.74, 6) is 0.